The van der Waals surface area contributed by atoms with E-state index in [0.29, 0.717) is 6.04 Å². The monoisotopic (exact) mass is 327 g/mol. The van der Waals surface area contributed by atoms with Crippen molar-refractivity contribution in [1.29, 1.82) is 0 Å². The van der Waals surface area contributed by atoms with Crippen LogP contribution in [0.1, 0.15) is 42.5 Å². The molecule has 1 fully saturated rings. The third-order valence-electron chi connectivity index (χ3n) is 4.71. The van der Waals surface area contributed by atoms with Crippen molar-refractivity contribution in [2.45, 2.75) is 39.7 Å². The molecule has 0 radical (unpaired) electrons. The van der Waals surface area contributed by atoms with Gasteiger partial charge in [-0.1, -0.05) is 24.3 Å². The quantitative estimate of drug-likeness (QED) is 0.872. The SMILES string of the molecule is Cc1cnnc(-c2ccc(C(C)N3CCCC3)cc2)c1C.O=CO. The maximum atomic E-state index is 8.36. The summed E-state index contributed by atoms with van der Waals surface area (Å²) < 4.78 is 0. The van der Waals surface area contributed by atoms with Gasteiger partial charge in [-0.05, 0) is 63.4 Å². The molecular formula is C19H25N3O2. The summed E-state index contributed by atoms with van der Waals surface area (Å²) in [4.78, 5) is 10.9. The number of aryl methyl sites for hydroxylation is 1. The van der Waals surface area contributed by atoms with Gasteiger partial charge in [-0.25, -0.2) is 0 Å². The van der Waals surface area contributed by atoms with Gasteiger partial charge >= 0.3 is 0 Å². The van der Waals surface area contributed by atoms with Crippen LogP contribution >= 0.6 is 0 Å². The Bertz CT molecular complexity index is 665. The highest BCUT2D eigenvalue weighted by Crippen LogP contribution is 2.27. The Morgan fingerprint density at radius 2 is 1.75 bits per heavy atom. The summed E-state index contributed by atoms with van der Waals surface area (Å²) in [7, 11) is 0. The lowest BCUT2D eigenvalue weighted by Crippen LogP contribution is -2.23. The van der Waals surface area contributed by atoms with Crippen molar-refractivity contribution in [2.24, 2.45) is 0 Å². The summed E-state index contributed by atoms with van der Waals surface area (Å²) in [5.41, 5.74) is 5.94. The number of likely N-dealkylation sites (tertiary alicyclic amines) is 1. The van der Waals surface area contributed by atoms with Gasteiger partial charge in [0.05, 0.1) is 11.9 Å². The lowest BCUT2D eigenvalue weighted by atomic mass is 10.0. The molecule has 1 aromatic heterocycles. The van der Waals surface area contributed by atoms with Crippen molar-refractivity contribution >= 4 is 6.47 Å². The lowest BCUT2D eigenvalue weighted by Gasteiger charge is -2.24. The molecule has 0 aliphatic carbocycles. The number of benzene rings is 1. The minimum absolute atomic E-state index is 0.250. The zero-order valence-electron chi connectivity index (χ0n) is 14.6. The molecule has 1 aliphatic rings. The van der Waals surface area contributed by atoms with Crippen LogP contribution in [0.5, 0.6) is 0 Å². The molecule has 1 aromatic carbocycles. The van der Waals surface area contributed by atoms with Crippen LogP contribution in [0.25, 0.3) is 11.3 Å². The van der Waals surface area contributed by atoms with Gasteiger partial charge in [-0.15, -0.1) is 0 Å². The largest absolute Gasteiger partial charge is 0.483 e. The molecule has 3 rings (SSSR count). The van der Waals surface area contributed by atoms with Gasteiger partial charge in [0.25, 0.3) is 6.47 Å². The second-order valence-corrected chi connectivity index (χ2v) is 6.15. The van der Waals surface area contributed by atoms with E-state index in [1.165, 1.54) is 42.6 Å². The Morgan fingerprint density at radius 1 is 1.17 bits per heavy atom. The molecule has 5 heteroatoms. The Morgan fingerprint density at radius 3 is 2.33 bits per heavy atom. The number of hydrogen-bond acceptors (Lipinski definition) is 4. The van der Waals surface area contributed by atoms with Gasteiger partial charge in [0, 0.05) is 11.6 Å². The molecule has 1 atom stereocenters. The van der Waals surface area contributed by atoms with Crippen LogP contribution in [0.15, 0.2) is 30.5 Å². The maximum absolute atomic E-state index is 8.36. The van der Waals surface area contributed by atoms with Crippen LogP contribution in [0, 0.1) is 13.8 Å². The fraction of sp³-hybridized carbons (Fsp3) is 0.421. The minimum atomic E-state index is -0.250. The highest BCUT2D eigenvalue weighted by atomic mass is 16.3. The second-order valence-electron chi connectivity index (χ2n) is 6.15. The average molecular weight is 327 g/mol. The van der Waals surface area contributed by atoms with E-state index in [4.69, 9.17) is 9.90 Å². The predicted octanol–water partition coefficient (Wildman–Crippen LogP) is 3.62. The van der Waals surface area contributed by atoms with Crippen LogP contribution in [0.3, 0.4) is 0 Å². The van der Waals surface area contributed by atoms with E-state index in [2.05, 4.69) is 60.1 Å². The van der Waals surface area contributed by atoms with Crippen molar-refractivity contribution in [3.8, 4) is 11.3 Å². The Balaban J connectivity index is 0.000000647. The molecule has 2 aromatic rings. The normalized spacial score (nSPS) is 15.5. The first-order valence-corrected chi connectivity index (χ1v) is 8.29. The van der Waals surface area contributed by atoms with Gasteiger partial charge in [0.2, 0.25) is 0 Å². The van der Waals surface area contributed by atoms with Crippen LogP contribution in [0.2, 0.25) is 0 Å². The Kier molecular flexibility index (Phi) is 6.44. The summed E-state index contributed by atoms with van der Waals surface area (Å²) in [6.45, 7) is 8.70. The van der Waals surface area contributed by atoms with Gasteiger partial charge in [0.1, 0.15) is 0 Å². The zero-order valence-corrected chi connectivity index (χ0v) is 14.6. The first-order valence-electron chi connectivity index (χ1n) is 8.29. The van der Waals surface area contributed by atoms with E-state index in [9.17, 15) is 0 Å². The van der Waals surface area contributed by atoms with Crippen molar-refractivity contribution in [3.63, 3.8) is 0 Å². The molecule has 2 heterocycles. The zero-order chi connectivity index (χ0) is 17.5. The highest BCUT2D eigenvalue weighted by Gasteiger charge is 2.19. The average Bonchev–Trinajstić information content (AvgIpc) is 3.12. The van der Waals surface area contributed by atoms with E-state index < -0.39 is 0 Å². The van der Waals surface area contributed by atoms with Gasteiger partial charge in [-0.2, -0.15) is 10.2 Å². The smallest absolute Gasteiger partial charge is 0.290 e. The molecule has 0 spiro atoms. The van der Waals surface area contributed by atoms with E-state index in [0.717, 1.165) is 11.3 Å². The fourth-order valence-electron chi connectivity index (χ4n) is 3.07. The molecule has 1 aliphatic heterocycles. The summed E-state index contributed by atoms with van der Waals surface area (Å²) in [5.74, 6) is 0. The molecule has 0 amide bonds. The Hall–Kier alpha value is -2.27. The number of carboxylic acid groups (broad SMARTS) is 1. The first-order chi connectivity index (χ1) is 11.6. The Labute approximate surface area is 143 Å². The molecule has 1 N–H and O–H groups in total. The topological polar surface area (TPSA) is 66.3 Å². The van der Waals surface area contributed by atoms with Gasteiger partial charge in [0.15, 0.2) is 0 Å². The maximum Gasteiger partial charge on any atom is 0.290 e. The van der Waals surface area contributed by atoms with Crippen LogP contribution in [0.4, 0.5) is 0 Å². The van der Waals surface area contributed by atoms with Crippen molar-refractivity contribution in [2.75, 3.05) is 13.1 Å². The predicted molar refractivity (Wildman–Crippen MR) is 94.9 cm³/mol. The summed E-state index contributed by atoms with van der Waals surface area (Å²) >= 11 is 0. The highest BCUT2D eigenvalue weighted by molar-refractivity contribution is 5.63. The molecule has 24 heavy (non-hydrogen) atoms. The van der Waals surface area contributed by atoms with E-state index >= 15 is 0 Å². The third-order valence-corrected chi connectivity index (χ3v) is 4.71. The molecule has 128 valence electrons. The standard InChI is InChI=1S/C18H23N3.CH2O2/c1-13-12-19-20-18(14(13)2)17-8-6-16(7-9-17)15(3)21-10-4-5-11-21;2-1-3/h6-9,12,15H,4-5,10-11H2,1-3H3;1H,(H,2,3). The molecular weight excluding hydrogens is 302 g/mol. The molecule has 5 nitrogen and oxygen atoms in total. The number of nitrogens with zero attached hydrogens (tertiary/aromatic N) is 3. The van der Waals surface area contributed by atoms with Crippen molar-refractivity contribution in [3.05, 3.63) is 47.2 Å². The van der Waals surface area contributed by atoms with Crippen LogP contribution in [-0.4, -0.2) is 39.8 Å². The van der Waals surface area contributed by atoms with Gasteiger partial charge in [-0.3, -0.25) is 9.69 Å². The number of hydrogen-bond donors (Lipinski definition) is 1. The third kappa shape index (κ3) is 4.17. The fourth-order valence-corrected chi connectivity index (χ4v) is 3.07. The molecule has 0 saturated carbocycles. The minimum Gasteiger partial charge on any atom is -0.483 e. The number of rotatable bonds is 3. The van der Waals surface area contributed by atoms with Gasteiger partial charge < -0.3 is 5.11 Å². The second kappa shape index (κ2) is 8.55. The van der Waals surface area contributed by atoms with E-state index in [1.54, 1.807) is 0 Å². The van der Waals surface area contributed by atoms with Crippen LogP contribution < -0.4 is 0 Å². The van der Waals surface area contributed by atoms with E-state index in [1.807, 2.05) is 6.20 Å². The summed E-state index contributed by atoms with van der Waals surface area (Å²) in [6, 6.07) is 9.34. The lowest BCUT2D eigenvalue weighted by molar-refractivity contribution is -0.122. The molecule has 1 unspecified atom stereocenters. The van der Waals surface area contributed by atoms with Crippen molar-refractivity contribution < 1.29 is 9.90 Å². The number of aromatic nitrogens is 2. The van der Waals surface area contributed by atoms with Crippen LogP contribution in [-0.2, 0) is 4.79 Å². The van der Waals surface area contributed by atoms with E-state index in [-0.39, 0.29) is 6.47 Å². The number of carbonyl (C=O) groups is 1. The summed E-state index contributed by atoms with van der Waals surface area (Å²) in [5, 5.41) is 15.3. The summed E-state index contributed by atoms with van der Waals surface area (Å²) in [6.07, 6.45) is 4.49. The van der Waals surface area contributed by atoms with Crippen molar-refractivity contribution in [1.82, 2.24) is 15.1 Å². The molecule has 1 saturated heterocycles. The molecule has 0 bridgehead atoms. The first kappa shape index (κ1) is 18.1.